The SMILES string of the molecule is O=C(O)c1ccc(-c2ccc(COc3ccccc3-c3cccc(-n4ncc(C(=O)O)c4C(F)(F)F)n3)cc2)cc1. The average molecular weight is 560 g/mol. The number of carboxylic acids is 2. The van der Waals surface area contributed by atoms with Crippen LogP contribution in [0.2, 0.25) is 0 Å². The number of aromatic nitrogens is 3. The number of benzene rings is 3. The van der Waals surface area contributed by atoms with Crippen LogP contribution in [0.1, 0.15) is 32.0 Å². The van der Waals surface area contributed by atoms with Gasteiger partial charge in [-0.1, -0.05) is 54.6 Å². The van der Waals surface area contributed by atoms with Crippen molar-refractivity contribution < 1.29 is 37.7 Å². The molecule has 0 amide bonds. The number of para-hydroxylation sites is 1. The van der Waals surface area contributed by atoms with Crippen molar-refractivity contribution in [1.29, 1.82) is 0 Å². The quantitative estimate of drug-likeness (QED) is 0.220. The van der Waals surface area contributed by atoms with Gasteiger partial charge in [0, 0.05) is 5.56 Å². The number of aromatic carboxylic acids is 2. The molecule has 0 fully saturated rings. The van der Waals surface area contributed by atoms with Crippen LogP contribution >= 0.6 is 0 Å². The van der Waals surface area contributed by atoms with Gasteiger partial charge in [-0.3, -0.25) is 0 Å². The standard InChI is InChI=1S/C30H20F3N3O5/c31-30(32,33)27-23(29(39)40)16-34-36(27)26-7-3-5-24(35-26)22-4-1-2-6-25(22)41-17-18-8-10-19(11-9-18)20-12-14-21(15-13-20)28(37)38/h1-16H,17H2,(H,37,38)(H,39,40). The van der Waals surface area contributed by atoms with Crippen molar-refractivity contribution in [3.8, 4) is 34.0 Å². The molecule has 0 saturated heterocycles. The summed E-state index contributed by atoms with van der Waals surface area (Å²) in [5.74, 6) is -2.51. The molecule has 8 nitrogen and oxygen atoms in total. The summed E-state index contributed by atoms with van der Waals surface area (Å²) >= 11 is 0. The smallest absolute Gasteiger partial charge is 0.434 e. The molecule has 5 aromatic rings. The van der Waals surface area contributed by atoms with Crippen LogP contribution in [-0.2, 0) is 12.8 Å². The van der Waals surface area contributed by atoms with Crippen LogP contribution in [0.4, 0.5) is 13.2 Å². The summed E-state index contributed by atoms with van der Waals surface area (Å²) in [5, 5.41) is 21.9. The zero-order chi connectivity index (χ0) is 29.1. The van der Waals surface area contributed by atoms with Crippen LogP contribution < -0.4 is 4.74 Å². The second kappa shape index (κ2) is 11.0. The molecule has 2 aromatic heterocycles. The first-order valence-electron chi connectivity index (χ1n) is 12.1. The van der Waals surface area contributed by atoms with Gasteiger partial charge in [0.2, 0.25) is 0 Å². The van der Waals surface area contributed by atoms with Crippen LogP contribution in [0, 0.1) is 0 Å². The number of carbonyl (C=O) groups is 2. The van der Waals surface area contributed by atoms with Gasteiger partial charge in [0.1, 0.15) is 17.9 Å². The molecule has 0 unspecified atom stereocenters. The van der Waals surface area contributed by atoms with Gasteiger partial charge in [-0.15, -0.1) is 0 Å². The van der Waals surface area contributed by atoms with Crippen LogP contribution in [0.3, 0.4) is 0 Å². The van der Waals surface area contributed by atoms with E-state index in [2.05, 4.69) is 10.1 Å². The number of halogens is 3. The molecule has 0 aliphatic heterocycles. The van der Waals surface area contributed by atoms with Gasteiger partial charge in [-0.05, 0) is 53.1 Å². The summed E-state index contributed by atoms with van der Waals surface area (Å²) in [6.45, 7) is 0.189. The maximum Gasteiger partial charge on any atom is 0.434 e. The van der Waals surface area contributed by atoms with Crippen molar-refractivity contribution in [2.75, 3.05) is 0 Å². The fourth-order valence-electron chi connectivity index (χ4n) is 4.21. The normalized spacial score (nSPS) is 11.3. The Bertz CT molecular complexity index is 1730. The third kappa shape index (κ3) is 5.78. The highest BCUT2D eigenvalue weighted by molar-refractivity contribution is 5.89. The van der Waals surface area contributed by atoms with Crippen molar-refractivity contribution in [3.63, 3.8) is 0 Å². The highest BCUT2D eigenvalue weighted by atomic mass is 19.4. The van der Waals surface area contributed by atoms with E-state index in [0.29, 0.717) is 27.9 Å². The maximum atomic E-state index is 13.7. The minimum atomic E-state index is -4.97. The predicted molar refractivity (Wildman–Crippen MR) is 142 cm³/mol. The first-order chi connectivity index (χ1) is 19.6. The maximum absolute atomic E-state index is 13.7. The molecule has 11 heteroatoms. The lowest BCUT2D eigenvalue weighted by atomic mass is 10.0. The Hall–Kier alpha value is -5.45. The second-order valence-electron chi connectivity index (χ2n) is 8.87. The highest BCUT2D eigenvalue weighted by Gasteiger charge is 2.41. The van der Waals surface area contributed by atoms with Crippen molar-refractivity contribution in [2.45, 2.75) is 12.8 Å². The molecule has 3 aromatic carbocycles. The molecular weight excluding hydrogens is 539 g/mol. The molecule has 2 N–H and O–H groups in total. The molecule has 5 rings (SSSR count). The monoisotopic (exact) mass is 559 g/mol. The molecule has 0 saturated carbocycles. The summed E-state index contributed by atoms with van der Waals surface area (Å²) in [5.41, 5.74) is 1.22. The van der Waals surface area contributed by atoms with Gasteiger partial charge >= 0.3 is 18.1 Å². The van der Waals surface area contributed by atoms with Crippen LogP contribution in [0.5, 0.6) is 5.75 Å². The van der Waals surface area contributed by atoms with Crippen LogP contribution in [0.15, 0.2) is 97.2 Å². The molecule has 0 radical (unpaired) electrons. The molecule has 0 aliphatic rings. The van der Waals surface area contributed by atoms with E-state index in [1.54, 1.807) is 42.5 Å². The Morgan fingerprint density at radius 1 is 0.805 bits per heavy atom. The lowest BCUT2D eigenvalue weighted by molar-refractivity contribution is -0.143. The van der Waals surface area contributed by atoms with Crippen molar-refractivity contribution in [3.05, 3.63) is 120 Å². The molecule has 0 bridgehead atoms. The van der Waals surface area contributed by atoms with Gasteiger partial charge in [-0.25, -0.2) is 19.3 Å². The number of nitrogens with zero attached hydrogens (tertiary/aromatic N) is 3. The summed E-state index contributed by atoms with van der Waals surface area (Å²) < 4.78 is 47.6. The molecular formula is C30H20F3N3O5. The topological polar surface area (TPSA) is 115 Å². The van der Waals surface area contributed by atoms with Gasteiger partial charge in [0.25, 0.3) is 0 Å². The van der Waals surface area contributed by atoms with Gasteiger partial charge < -0.3 is 14.9 Å². The van der Waals surface area contributed by atoms with Gasteiger partial charge in [0.15, 0.2) is 11.5 Å². The number of alkyl halides is 3. The number of hydrogen-bond acceptors (Lipinski definition) is 5. The number of rotatable bonds is 8. The van der Waals surface area contributed by atoms with Crippen molar-refractivity contribution in [2.24, 2.45) is 0 Å². The number of ether oxygens (including phenoxy) is 1. The van der Waals surface area contributed by atoms with E-state index < -0.39 is 29.4 Å². The Balaban J connectivity index is 1.38. The molecule has 0 atom stereocenters. The van der Waals surface area contributed by atoms with E-state index in [1.807, 2.05) is 24.3 Å². The zero-order valence-corrected chi connectivity index (χ0v) is 21.0. The van der Waals surface area contributed by atoms with E-state index in [0.717, 1.165) is 16.7 Å². The first-order valence-corrected chi connectivity index (χ1v) is 12.1. The van der Waals surface area contributed by atoms with E-state index in [4.69, 9.17) is 9.84 Å². The third-order valence-electron chi connectivity index (χ3n) is 6.20. The summed E-state index contributed by atoms with van der Waals surface area (Å²) in [7, 11) is 0. The Morgan fingerprint density at radius 2 is 1.46 bits per heavy atom. The Labute approximate surface area is 230 Å². The molecule has 41 heavy (non-hydrogen) atoms. The fraction of sp³-hybridized carbons (Fsp3) is 0.0667. The van der Waals surface area contributed by atoms with Crippen molar-refractivity contribution >= 4 is 11.9 Å². The minimum Gasteiger partial charge on any atom is -0.488 e. The number of carboxylic acid groups (broad SMARTS) is 2. The van der Waals surface area contributed by atoms with Crippen molar-refractivity contribution in [1.82, 2.24) is 14.8 Å². The Kier molecular flexibility index (Phi) is 7.26. The second-order valence-corrected chi connectivity index (χ2v) is 8.87. The van der Waals surface area contributed by atoms with Crippen LogP contribution in [0.25, 0.3) is 28.2 Å². The van der Waals surface area contributed by atoms with Crippen LogP contribution in [-0.4, -0.2) is 36.9 Å². The lowest BCUT2D eigenvalue weighted by Gasteiger charge is -2.14. The molecule has 206 valence electrons. The van der Waals surface area contributed by atoms with Gasteiger partial charge in [0.05, 0.1) is 17.5 Å². The predicted octanol–water partition coefficient (Wildman–Crippen LogP) is 6.60. The van der Waals surface area contributed by atoms with E-state index in [9.17, 15) is 27.9 Å². The highest BCUT2D eigenvalue weighted by Crippen LogP contribution is 2.35. The zero-order valence-electron chi connectivity index (χ0n) is 21.0. The average Bonchev–Trinajstić information content (AvgIpc) is 3.44. The van der Waals surface area contributed by atoms with E-state index in [1.165, 1.54) is 24.3 Å². The third-order valence-corrected chi connectivity index (χ3v) is 6.20. The number of hydrogen-bond donors (Lipinski definition) is 2. The minimum absolute atomic E-state index is 0.189. The molecule has 2 heterocycles. The lowest BCUT2D eigenvalue weighted by Crippen LogP contribution is -2.18. The molecule has 0 spiro atoms. The van der Waals surface area contributed by atoms with E-state index in [-0.39, 0.29) is 18.0 Å². The largest absolute Gasteiger partial charge is 0.488 e. The summed E-state index contributed by atoms with van der Waals surface area (Å²) in [6, 6.07) is 25.4. The number of pyridine rings is 1. The van der Waals surface area contributed by atoms with E-state index >= 15 is 0 Å². The summed E-state index contributed by atoms with van der Waals surface area (Å²) in [6.07, 6.45) is -4.33. The van der Waals surface area contributed by atoms with Gasteiger partial charge in [-0.2, -0.15) is 18.3 Å². The molecule has 0 aliphatic carbocycles. The summed E-state index contributed by atoms with van der Waals surface area (Å²) in [4.78, 5) is 26.7. The Morgan fingerprint density at radius 3 is 2.10 bits per heavy atom. The first kappa shape index (κ1) is 27.1. The fourth-order valence-corrected chi connectivity index (χ4v) is 4.21.